The van der Waals surface area contributed by atoms with Crippen molar-refractivity contribution in [2.24, 2.45) is 0 Å². The Balaban J connectivity index is 2.55. The van der Waals surface area contributed by atoms with Crippen molar-refractivity contribution in [3.63, 3.8) is 0 Å². The van der Waals surface area contributed by atoms with Crippen LogP contribution in [-0.2, 0) is 9.84 Å². The minimum Gasteiger partial charge on any atom is -0.401 e. The lowest BCUT2D eigenvalue weighted by Crippen LogP contribution is -2.10. The summed E-state index contributed by atoms with van der Waals surface area (Å²) in [5.41, 5.74) is 0.683. The average Bonchev–Trinajstić information content (AvgIpc) is 2.67. The Bertz CT molecular complexity index is 692. The molecule has 1 heterocycles. The van der Waals surface area contributed by atoms with Gasteiger partial charge in [-0.2, -0.15) is 4.73 Å². The van der Waals surface area contributed by atoms with Crippen molar-refractivity contribution in [2.45, 2.75) is 4.90 Å². The van der Waals surface area contributed by atoms with Gasteiger partial charge in [0.25, 0.3) is 0 Å². The molecule has 0 unspecified atom stereocenters. The predicted molar refractivity (Wildman–Crippen MR) is 65.3 cm³/mol. The lowest BCUT2D eigenvalue weighted by Gasteiger charge is -2.05. The van der Waals surface area contributed by atoms with Gasteiger partial charge in [-0.1, -0.05) is 12.0 Å². The Morgan fingerprint density at radius 3 is 2.82 bits per heavy atom. The van der Waals surface area contributed by atoms with Crippen molar-refractivity contribution in [1.29, 1.82) is 0 Å². The molecule has 0 spiro atoms. The van der Waals surface area contributed by atoms with Crippen LogP contribution in [0, 0.1) is 12.3 Å². The number of rotatable bonds is 3. The summed E-state index contributed by atoms with van der Waals surface area (Å²) in [7, 11) is -3.22. The molecule has 0 fully saturated rings. The van der Waals surface area contributed by atoms with E-state index in [9.17, 15) is 8.42 Å². The van der Waals surface area contributed by atoms with Gasteiger partial charge in [-0.15, -0.1) is 6.42 Å². The number of nitrogens with zero attached hydrogens (tertiary/aromatic N) is 1. The van der Waals surface area contributed by atoms with Crippen LogP contribution in [-0.4, -0.2) is 26.0 Å². The maximum absolute atomic E-state index is 11.4. The third-order valence-corrected chi connectivity index (χ3v) is 3.45. The van der Waals surface area contributed by atoms with E-state index in [4.69, 9.17) is 11.3 Å². The molecular formula is C12H11NO3S. The molecule has 0 saturated heterocycles. The molecule has 0 atom stereocenters. The first kappa shape index (κ1) is 11.6. The van der Waals surface area contributed by atoms with Crippen molar-refractivity contribution < 1.29 is 13.3 Å². The van der Waals surface area contributed by atoms with Crippen molar-refractivity contribution in [3.05, 3.63) is 30.5 Å². The number of sulfone groups is 1. The first-order valence-corrected chi connectivity index (χ1v) is 6.79. The Labute approximate surface area is 99.7 Å². The molecule has 0 saturated carbocycles. The van der Waals surface area contributed by atoms with Crippen LogP contribution < -0.4 is 4.84 Å². The molecule has 0 aliphatic heterocycles. The summed E-state index contributed by atoms with van der Waals surface area (Å²) in [6.45, 7) is 0.132. The van der Waals surface area contributed by atoms with E-state index in [0.29, 0.717) is 5.52 Å². The van der Waals surface area contributed by atoms with Gasteiger partial charge >= 0.3 is 0 Å². The van der Waals surface area contributed by atoms with Gasteiger partial charge in [0.1, 0.15) is 0 Å². The quantitative estimate of drug-likeness (QED) is 0.765. The van der Waals surface area contributed by atoms with Gasteiger partial charge in [0.15, 0.2) is 16.4 Å². The molecule has 4 nitrogen and oxygen atoms in total. The summed E-state index contributed by atoms with van der Waals surface area (Å²) in [4.78, 5) is 5.52. The molecule has 2 rings (SSSR count). The van der Waals surface area contributed by atoms with Gasteiger partial charge < -0.3 is 4.84 Å². The molecule has 0 radical (unpaired) electrons. The fourth-order valence-corrected chi connectivity index (χ4v) is 2.17. The number of terminal acetylenes is 1. The Morgan fingerprint density at radius 2 is 2.18 bits per heavy atom. The highest BCUT2D eigenvalue weighted by molar-refractivity contribution is 7.90. The number of aromatic nitrogens is 1. The zero-order chi connectivity index (χ0) is 12.5. The standard InChI is InChI=1S/C12H11NO3S/c1-3-8-16-13-7-6-10-4-5-11(9-12(10)13)17(2,14)15/h1,4-7,9H,8H2,2H3. The maximum Gasteiger partial charge on any atom is 0.175 e. The van der Waals surface area contributed by atoms with E-state index in [-0.39, 0.29) is 11.5 Å². The zero-order valence-electron chi connectivity index (χ0n) is 9.25. The first-order valence-electron chi connectivity index (χ1n) is 4.90. The molecule has 5 heteroatoms. The molecule has 0 aliphatic carbocycles. The van der Waals surface area contributed by atoms with E-state index in [1.165, 1.54) is 11.0 Å². The fraction of sp³-hybridized carbons (Fsp3) is 0.167. The number of hydrogen-bond acceptors (Lipinski definition) is 3. The van der Waals surface area contributed by atoms with Gasteiger partial charge in [0.05, 0.1) is 10.4 Å². The van der Waals surface area contributed by atoms with Crippen LogP contribution in [0.4, 0.5) is 0 Å². The van der Waals surface area contributed by atoms with Crippen LogP contribution in [0.15, 0.2) is 35.4 Å². The summed E-state index contributed by atoms with van der Waals surface area (Å²) in [5.74, 6) is 2.35. The number of hydrogen-bond donors (Lipinski definition) is 0. The van der Waals surface area contributed by atoms with Gasteiger partial charge in [-0.3, -0.25) is 0 Å². The molecule has 17 heavy (non-hydrogen) atoms. The molecule has 0 aliphatic rings. The molecule has 0 bridgehead atoms. The Kier molecular flexibility index (Phi) is 2.82. The van der Waals surface area contributed by atoms with Crippen molar-refractivity contribution in [2.75, 3.05) is 12.9 Å². The second kappa shape index (κ2) is 4.15. The zero-order valence-corrected chi connectivity index (χ0v) is 10.1. The lowest BCUT2D eigenvalue weighted by molar-refractivity contribution is 0.150. The van der Waals surface area contributed by atoms with Crippen LogP contribution in [0.3, 0.4) is 0 Å². The van der Waals surface area contributed by atoms with E-state index in [1.807, 2.05) is 6.07 Å². The summed E-state index contributed by atoms with van der Waals surface area (Å²) >= 11 is 0. The molecular weight excluding hydrogens is 238 g/mol. The molecule has 1 aromatic heterocycles. The van der Waals surface area contributed by atoms with Gasteiger partial charge in [-0.25, -0.2) is 8.42 Å². The summed E-state index contributed by atoms with van der Waals surface area (Å²) < 4.78 is 24.4. The minimum atomic E-state index is -3.22. The molecule has 2 aromatic rings. The van der Waals surface area contributed by atoms with Gasteiger partial charge in [0, 0.05) is 17.8 Å². The topological polar surface area (TPSA) is 48.3 Å². The third-order valence-electron chi connectivity index (χ3n) is 2.34. The largest absolute Gasteiger partial charge is 0.401 e. The van der Waals surface area contributed by atoms with Crippen LogP contribution in [0.25, 0.3) is 10.9 Å². The predicted octanol–water partition coefficient (Wildman–Crippen LogP) is 1.11. The van der Waals surface area contributed by atoms with Crippen LogP contribution >= 0.6 is 0 Å². The summed E-state index contributed by atoms with van der Waals surface area (Å²) in [6, 6.07) is 6.71. The minimum absolute atomic E-state index is 0.132. The lowest BCUT2D eigenvalue weighted by atomic mass is 10.2. The summed E-state index contributed by atoms with van der Waals surface area (Å²) in [6.07, 6.45) is 7.98. The van der Waals surface area contributed by atoms with Crippen molar-refractivity contribution >= 4 is 20.7 Å². The maximum atomic E-state index is 11.4. The Hall–Kier alpha value is -1.93. The fourth-order valence-electron chi connectivity index (χ4n) is 1.53. The van der Waals surface area contributed by atoms with Crippen LogP contribution in [0.1, 0.15) is 0 Å². The van der Waals surface area contributed by atoms with E-state index < -0.39 is 9.84 Å². The molecule has 0 N–H and O–H groups in total. The van der Waals surface area contributed by atoms with E-state index in [1.54, 1.807) is 24.4 Å². The number of fused-ring (bicyclic) bond motifs is 1. The highest BCUT2D eigenvalue weighted by Gasteiger charge is 2.10. The average molecular weight is 249 g/mol. The first-order chi connectivity index (χ1) is 8.02. The smallest absolute Gasteiger partial charge is 0.175 e. The van der Waals surface area contributed by atoms with Crippen molar-refractivity contribution in [1.82, 2.24) is 4.73 Å². The van der Waals surface area contributed by atoms with Gasteiger partial charge in [0.2, 0.25) is 0 Å². The normalized spacial score (nSPS) is 11.3. The monoisotopic (exact) mass is 249 g/mol. The van der Waals surface area contributed by atoms with E-state index in [0.717, 1.165) is 5.39 Å². The molecule has 1 aromatic carbocycles. The highest BCUT2D eigenvalue weighted by atomic mass is 32.2. The highest BCUT2D eigenvalue weighted by Crippen LogP contribution is 2.19. The van der Waals surface area contributed by atoms with E-state index in [2.05, 4.69) is 5.92 Å². The molecule has 0 amide bonds. The van der Waals surface area contributed by atoms with Crippen molar-refractivity contribution in [3.8, 4) is 12.3 Å². The second-order valence-corrected chi connectivity index (χ2v) is 5.63. The van der Waals surface area contributed by atoms with E-state index >= 15 is 0 Å². The van der Waals surface area contributed by atoms with Crippen LogP contribution in [0.2, 0.25) is 0 Å². The second-order valence-electron chi connectivity index (χ2n) is 3.61. The number of benzene rings is 1. The summed E-state index contributed by atoms with van der Waals surface area (Å²) in [5, 5.41) is 0.898. The SMILES string of the molecule is C#CCOn1ccc2ccc(S(C)(=O)=O)cc21. The van der Waals surface area contributed by atoms with Crippen LogP contribution in [0.5, 0.6) is 0 Å². The third kappa shape index (κ3) is 2.27. The molecule has 88 valence electrons. The van der Waals surface area contributed by atoms with Gasteiger partial charge in [-0.05, 0) is 18.2 Å². The Morgan fingerprint density at radius 1 is 1.41 bits per heavy atom.